The first kappa shape index (κ1) is 14.6. The van der Waals surface area contributed by atoms with Crippen LogP contribution in [0.25, 0.3) is 0 Å². The Hall–Kier alpha value is -2.34. The fraction of sp³-hybridized carbons (Fsp3) is 0.267. The van der Waals surface area contributed by atoms with E-state index in [2.05, 4.69) is 20.6 Å². The number of amides is 1. The van der Waals surface area contributed by atoms with Crippen molar-refractivity contribution in [2.45, 2.75) is 6.42 Å². The lowest BCUT2D eigenvalue weighted by Gasteiger charge is -2.18. The number of halogens is 1. The van der Waals surface area contributed by atoms with E-state index in [1.54, 1.807) is 11.9 Å². The fourth-order valence-corrected chi connectivity index (χ4v) is 2.79. The Morgan fingerprint density at radius 1 is 1.32 bits per heavy atom. The maximum atomic E-state index is 12.1. The molecular formula is C15H16ClN5O. The van der Waals surface area contributed by atoms with Gasteiger partial charge in [0.2, 0.25) is 5.91 Å². The summed E-state index contributed by atoms with van der Waals surface area (Å²) in [5.74, 6) is 0.750. The Kier molecular flexibility index (Phi) is 4.11. The van der Waals surface area contributed by atoms with Crippen LogP contribution in [0.15, 0.2) is 30.6 Å². The lowest BCUT2D eigenvalue weighted by atomic mass is 10.2. The number of nitrogens with one attached hydrogen (secondary N) is 2. The topological polar surface area (TPSA) is 70.2 Å². The van der Waals surface area contributed by atoms with Crippen LogP contribution >= 0.6 is 11.6 Å². The van der Waals surface area contributed by atoms with Crippen LogP contribution in [0, 0.1) is 0 Å². The molecule has 3 rings (SSSR count). The number of carbonyl (C=O) groups excluding carboxylic acids is 1. The number of fused-ring (bicyclic) bond motifs is 1. The molecule has 0 spiro atoms. The van der Waals surface area contributed by atoms with Gasteiger partial charge in [0.05, 0.1) is 6.42 Å². The largest absolute Gasteiger partial charge is 0.383 e. The highest BCUT2D eigenvalue weighted by Gasteiger charge is 2.26. The molecule has 0 atom stereocenters. The van der Waals surface area contributed by atoms with Crippen molar-refractivity contribution < 1.29 is 4.79 Å². The van der Waals surface area contributed by atoms with Crippen molar-refractivity contribution >= 4 is 34.7 Å². The summed E-state index contributed by atoms with van der Waals surface area (Å²) in [6, 6.07) is 7.86. The summed E-state index contributed by atoms with van der Waals surface area (Å²) < 4.78 is 0. The molecule has 0 fully saturated rings. The first-order valence-corrected chi connectivity index (χ1v) is 7.39. The molecule has 7 heteroatoms. The summed E-state index contributed by atoms with van der Waals surface area (Å²) >= 11 is 6.01. The van der Waals surface area contributed by atoms with Gasteiger partial charge in [-0.2, -0.15) is 0 Å². The second kappa shape index (κ2) is 6.19. The van der Waals surface area contributed by atoms with Gasteiger partial charge in [0.15, 0.2) is 11.0 Å². The van der Waals surface area contributed by atoms with Crippen LogP contribution in [0.2, 0.25) is 5.15 Å². The van der Waals surface area contributed by atoms with E-state index in [0.29, 0.717) is 36.2 Å². The first-order chi connectivity index (χ1) is 10.7. The van der Waals surface area contributed by atoms with Gasteiger partial charge < -0.3 is 15.5 Å². The molecule has 2 N–H and O–H groups in total. The minimum atomic E-state index is 0.123. The van der Waals surface area contributed by atoms with Crippen molar-refractivity contribution in [2.75, 3.05) is 35.7 Å². The quantitative estimate of drug-likeness (QED) is 0.827. The lowest BCUT2D eigenvalue weighted by molar-refractivity contribution is -0.117. The molecule has 1 aromatic heterocycles. The molecule has 0 unspecified atom stereocenters. The molecule has 1 aromatic carbocycles. The molecule has 0 saturated heterocycles. The van der Waals surface area contributed by atoms with E-state index in [4.69, 9.17) is 11.6 Å². The molecular weight excluding hydrogens is 302 g/mol. The van der Waals surface area contributed by atoms with Gasteiger partial charge in [-0.05, 0) is 11.6 Å². The number of aromatic nitrogens is 2. The molecule has 1 aliphatic rings. The second-order valence-corrected chi connectivity index (χ2v) is 5.27. The zero-order chi connectivity index (χ0) is 15.5. The number of anilines is 3. The van der Waals surface area contributed by atoms with Crippen LogP contribution in [-0.4, -0.2) is 36.0 Å². The molecule has 2 heterocycles. The third kappa shape index (κ3) is 2.69. The van der Waals surface area contributed by atoms with Crippen LogP contribution in [0.3, 0.4) is 0 Å². The Balaban J connectivity index is 1.67. The number of carbonyl (C=O) groups is 1. The minimum absolute atomic E-state index is 0.123. The summed E-state index contributed by atoms with van der Waals surface area (Å²) in [7, 11) is 1.76. The van der Waals surface area contributed by atoms with Crippen molar-refractivity contribution in [1.82, 2.24) is 9.97 Å². The van der Waals surface area contributed by atoms with Gasteiger partial charge in [-0.1, -0.05) is 29.8 Å². The predicted octanol–water partition coefficient (Wildman–Crippen LogP) is 2.17. The van der Waals surface area contributed by atoms with Gasteiger partial charge >= 0.3 is 0 Å². The number of nitrogens with zero attached hydrogens (tertiary/aromatic N) is 3. The van der Waals surface area contributed by atoms with E-state index >= 15 is 0 Å². The Bertz CT molecular complexity index is 706. The highest BCUT2D eigenvalue weighted by atomic mass is 35.5. The average Bonchev–Trinajstić information content (AvgIpc) is 2.83. The minimum Gasteiger partial charge on any atom is -0.383 e. The Morgan fingerprint density at radius 3 is 2.95 bits per heavy atom. The molecule has 6 nitrogen and oxygen atoms in total. The van der Waals surface area contributed by atoms with Gasteiger partial charge in [0, 0.05) is 25.8 Å². The zero-order valence-electron chi connectivity index (χ0n) is 12.1. The summed E-state index contributed by atoms with van der Waals surface area (Å²) in [4.78, 5) is 22.0. The van der Waals surface area contributed by atoms with E-state index in [-0.39, 0.29) is 5.91 Å². The summed E-state index contributed by atoms with van der Waals surface area (Å²) in [6.07, 6.45) is 1.87. The maximum Gasteiger partial charge on any atom is 0.231 e. The smallest absolute Gasteiger partial charge is 0.231 e. The normalized spacial score (nSPS) is 13.2. The number of rotatable bonds is 5. The third-order valence-electron chi connectivity index (χ3n) is 3.60. The SMILES string of the molecule is CNc1c(Cl)ncnc1NCCN1C(=O)Cc2ccccc21. The van der Waals surface area contributed by atoms with Crippen molar-refractivity contribution in [2.24, 2.45) is 0 Å². The molecule has 0 aliphatic carbocycles. The highest BCUT2D eigenvalue weighted by Crippen LogP contribution is 2.28. The molecule has 0 radical (unpaired) electrons. The molecule has 0 saturated carbocycles. The van der Waals surface area contributed by atoms with Gasteiger partial charge in [-0.3, -0.25) is 4.79 Å². The fourth-order valence-electron chi connectivity index (χ4n) is 2.57. The van der Waals surface area contributed by atoms with E-state index in [1.165, 1.54) is 6.33 Å². The van der Waals surface area contributed by atoms with Crippen molar-refractivity contribution in [3.63, 3.8) is 0 Å². The predicted molar refractivity (Wildman–Crippen MR) is 87.6 cm³/mol. The highest BCUT2D eigenvalue weighted by molar-refractivity contribution is 6.32. The van der Waals surface area contributed by atoms with E-state index < -0.39 is 0 Å². The van der Waals surface area contributed by atoms with Crippen molar-refractivity contribution in [1.29, 1.82) is 0 Å². The lowest BCUT2D eigenvalue weighted by Crippen LogP contribution is -2.32. The molecule has 1 amide bonds. The zero-order valence-corrected chi connectivity index (χ0v) is 12.9. The number of para-hydroxylation sites is 1. The molecule has 22 heavy (non-hydrogen) atoms. The standard InChI is InChI=1S/C15H16ClN5O/c1-17-13-14(16)19-9-20-15(13)18-6-7-21-11-5-3-2-4-10(11)8-12(21)22/h2-5,9,17H,6-8H2,1H3,(H,18,19,20). The van der Waals surface area contributed by atoms with E-state index in [1.807, 2.05) is 24.3 Å². The third-order valence-corrected chi connectivity index (χ3v) is 3.89. The van der Waals surface area contributed by atoms with E-state index in [0.717, 1.165) is 11.3 Å². The summed E-state index contributed by atoms with van der Waals surface area (Å²) in [5.41, 5.74) is 2.72. The van der Waals surface area contributed by atoms with Crippen molar-refractivity contribution in [3.05, 3.63) is 41.3 Å². The Morgan fingerprint density at radius 2 is 2.14 bits per heavy atom. The number of benzene rings is 1. The number of hydrogen-bond donors (Lipinski definition) is 2. The van der Waals surface area contributed by atoms with Gasteiger partial charge in [0.25, 0.3) is 0 Å². The van der Waals surface area contributed by atoms with Crippen LogP contribution < -0.4 is 15.5 Å². The summed E-state index contributed by atoms with van der Waals surface area (Å²) in [6.45, 7) is 1.14. The van der Waals surface area contributed by atoms with Crippen LogP contribution in [0.1, 0.15) is 5.56 Å². The molecule has 114 valence electrons. The van der Waals surface area contributed by atoms with Crippen LogP contribution in [0.5, 0.6) is 0 Å². The molecule has 1 aliphatic heterocycles. The van der Waals surface area contributed by atoms with Gasteiger partial charge in [-0.15, -0.1) is 0 Å². The monoisotopic (exact) mass is 317 g/mol. The Labute approximate surface area is 133 Å². The number of hydrogen-bond acceptors (Lipinski definition) is 5. The van der Waals surface area contributed by atoms with E-state index in [9.17, 15) is 4.79 Å². The van der Waals surface area contributed by atoms with Crippen molar-refractivity contribution in [3.8, 4) is 0 Å². The second-order valence-electron chi connectivity index (χ2n) is 4.92. The maximum absolute atomic E-state index is 12.1. The van der Waals surface area contributed by atoms with Gasteiger partial charge in [-0.25, -0.2) is 9.97 Å². The molecule has 2 aromatic rings. The van der Waals surface area contributed by atoms with Gasteiger partial charge in [0.1, 0.15) is 12.0 Å². The molecule has 0 bridgehead atoms. The van der Waals surface area contributed by atoms with Crippen LogP contribution in [-0.2, 0) is 11.2 Å². The van der Waals surface area contributed by atoms with Crippen LogP contribution in [0.4, 0.5) is 17.2 Å². The first-order valence-electron chi connectivity index (χ1n) is 7.01. The summed E-state index contributed by atoms with van der Waals surface area (Å²) in [5, 5.41) is 6.52. The average molecular weight is 318 g/mol.